The molecular weight excluding hydrogens is 544 g/mol. The summed E-state index contributed by atoms with van der Waals surface area (Å²) in [6.45, 7) is 10.0. The Hall–Kier alpha value is -2.24. The van der Waals surface area contributed by atoms with Gasteiger partial charge in [-0.1, -0.05) is 39.0 Å². The molecule has 1 amide bonds. The van der Waals surface area contributed by atoms with Crippen molar-refractivity contribution in [2.24, 2.45) is 11.8 Å². The van der Waals surface area contributed by atoms with E-state index in [0.717, 1.165) is 10.2 Å². The van der Waals surface area contributed by atoms with E-state index in [1.54, 1.807) is 24.1 Å². The number of ether oxygens (including phenoxy) is 1. The first kappa shape index (κ1) is 32.0. The summed E-state index contributed by atoms with van der Waals surface area (Å²) in [4.78, 5) is 22.2. The summed E-state index contributed by atoms with van der Waals surface area (Å²) in [5.74, 6) is 0.885. The average Bonchev–Trinajstić information content (AvgIpc) is 3.25. The van der Waals surface area contributed by atoms with Gasteiger partial charge in [0.15, 0.2) is 5.13 Å². The van der Waals surface area contributed by atoms with Crippen molar-refractivity contribution < 1.29 is 17.9 Å². The van der Waals surface area contributed by atoms with Crippen molar-refractivity contribution in [3.8, 4) is 5.75 Å². The minimum atomic E-state index is -3.67. The Labute approximate surface area is 237 Å². The summed E-state index contributed by atoms with van der Waals surface area (Å²) in [6.07, 6.45) is 0. The lowest BCUT2D eigenvalue weighted by Gasteiger charge is -2.26. The number of carbonyl (C=O) groups excluding carboxylic acids is 1. The van der Waals surface area contributed by atoms with Gasteiger partial charge < -0.3 is 9.64 Å². The number of sulfonamides is 1. The molecule has 3 aromatic rings. The number of carbonyl (C=O) groups is 1. The summed E-state index contributed by atoms with van der Waals surface area (Å²) in [7, 11) is 1.84. The van der Waals surface area contributed by atoms with Crippen LogP contribution in [0.15, 0.2) is 47.4 Å². The summed E-state index contributed by atoms with van der Waals surface area (Å²) in [6, 6.07) is 11.9. The summed E-state index contributed by atoms with van der Waals surface area (Å²) >= 11 is 1.44. The first-order valence-corrected chi connectivity index (χ1v) is 14.7. The number of thiazole rings is 1. The molecular formula is C27H39ClN4O4S2. The Morgan fingerprint density at radius 3 is 2.11 bits per heavy atom. The SMILES string of the molecule is COc1ccc2sc(N(CCN(C)C)C(=O)c3ccc(S(=O)(=O)N(CC(C)C)CC(C)C)cc3)nc2c1.Cl. The molecule has 8 nitrogen and oxygen atoms in total. The molecule has 0 atom stereocenters. The van der Waals surface area contributed by atoms with Gasteiger partial charge >= 0.3 is 0 Å². The van der Waals surface area contributed by atoms with Gasteiger partial charge in [-0.2, -0.15) is 4.31 Å². The smallest absolute Gasteiger partial charge is 0.260 e. The second-order valence-electron chi connectivity index (χ2n) is 10.2. The van der Waals surface area contributed by atoms with Crippen LogP contribution < -0.4 is 9.64 Å². The average molecular weight is 583 g/mol. The fourth-order valence-electron chi connectivity index (χ4n) is 3.88. The summed E-state index contributed by atoms with van der Waals surface area (Å²) in [5, 5.41) is 0.590. The molecule has 0 unspecified atom stereocenters. The van der Waals surface area contributed by atoms with E-state index in [1.807, 2.05) is 64.9 Å². The second kappa shape index (κ2) is 13.7. The zero-order valence-electron chi connectivity index (χ0n) is 23.2. The van der Waals surface area contributed by atoms with Crippen molar-refractivity contribution in [1.82, 2.24) is 14.2 Å². The van der Waals surface area contributed by atoms with Gasteiger partial charge in [0.25, 0.3) is 5.91 Å². The standard InChI is InChI=1S/C27H38N4O4S2.ClH/c1-19(2)17-30(18-20(3)4)37(33,34)23-11-8-21(9-12-23)26(32)31(15-14-29(5)6)27-28-24-16-22(35-7)10-13-25(24)36-27;/h8-13,16,19-20H,14-15,17-18H2,1-7H3;1H. The van der Waals surface area contributed by atoms with Gasteiger partial charge in [0.1, 0.15) is 5.75 Å². The molecule has 0 bridgehead atoms. The first-order chi connectivity index (χ1) is 17.4. The van der Waals surface area contributed by atoms with E-state index in [2.05, 4.69) is 0 Å². The molecule has 0 saturated carbocycles. The fourth-order valence-corrected chi connectivity index (χ4v) is 6.62. The van der Waals surface area contributed by atoms with Gasteiger partial charge in [0, 0.05) is 37.8 Å². The molecule has 0 aliphatic rings. The molecule has 0 radical (unpaired) electrons. The molecule has 11 heteroatoms. The van der Waals surface area contributed by atoms with E-state index >= 15 is 0 Å². The van der Waals surface area contributed by atoms with E-state index in [0.29, 0.717) is 42.6 Å². The topological polar surface area (TPSA) is 83.0 Å². The predicted molar refractivity (Wildman–Crippen MR) is 159 cm³/mol. The molecule has 0 aliphatic heterocycles. The Balaban J connectivity index is 0.00000507. The maximum absolute atomic E-state index is 13.6. The third-order valence-corrected chi connectivity index (χ3v) is 8.61. The van der Waals surface area contributed by atoms with Gasteiger partial charge in [-0.05, 0) is 62.3 Å². The number of halogens is 1. The quantitative estimate of drug-likeness (QED) is 0.290. The number of benzene rings is 2. The summed E-state index contributed by atoms with van der Waals surface area (Å²) in [5.41, 5.74) is 1.17. The fraction of sp³-hybridized carbons (Fsp3) is 0.481. The minimum Gasteiger partial charge on any atom is -0.497 e. The number of likely N-dealkylation sites (N-methyl/N-ethyl adjacent to an activating group) is 1. The summed E-state index contributed by atoms with van der Waals surface area (Å²) < 4.78 is 34.6. The molecule has 2 aromatic carbocycles. The maximum atomic E-state index is 13.6. The molecule has 0 fully saturated rings. The van der Waals surface area contributed by atoms with Crippen LogP contribution in [0.4, 0.5) is 5.13 Å². The Morgan fingerprint density at radius 1 is 0.974 bits per heavy atom. The lowest BCUT2D eigenvalue weighted by molar-refractivity contribution is 0.0985. The van der Waals surface area contributed by atoms with Crippen molar-refractivity contribution in [2.75, 3.05) is 52.3 Å². The van der Waals surface area contributed by atoms with Crippen LogP contribution in [-0.2, 0) is 10.0 Å². The van der Waals surface area contributed by atoms with Crippen molar-refractivity contribution in [3.05, 3.63) is 48.0 Å². The van der Waals surface area contributed by atoms with Gasteiger partial charge in [-0.15, -0.1) is 12.4 Å². The largest absolute Gasteiger partial charge is 0.497 e. The van der Waals surface area contributed by atoms with Gasteiger partial charge in [-0.3, -0.25) is 9.69 Å². The zero-order chi connectivity index (χ0) is 27.3. The van der Waals surface area contributed by atoms with Crippen LogP contribution in [-0.4, -0.2) is 75.9 Å². The molecule has 0 aliphatic carbocycles. The maximum Gasteiger partial charge on any atom is 0.260 e. The highest BCUT2D eigenvalue weighted by atomic mass is 35.5. The number of fused-ring (bicyclic) bond motifs is 1. The van der Waals surface area contributed by atoms with Crippen LogP contribution in [0.2, 0.25) is 0 Å². The van der Waals surface area contributed by atoms with E-state index in [9.17, 15) is 13.2 Å². The number of aromatic nitrogens is 1. The van der Waals surface area contributed by atoms with E-state index in [1.165, 1.54) is 27.8 Å². The normalized spacial score (nSPS) is 12.0. The molecule has 0 saturated heterocycles. The van der Waals surface area contributed by atoms with Crippen molar-refractivity contribution in [3.63, 3.8) is 0 Å². The number of methoxy groups -OCH3 is 1. The molecule has 210 valence electrons. The highest BCUT2D eigenvalue weighted by molar-refractivity contribution is 7.89. The van der Waals surface area contributed by atoms with Crippen LogP contribution in [0.3, 0.4) is 0 Å². The Bertz CT molecular complexity index is 1300. The zero-order valence-corrected chi connectivity index (χ0v) is 25.6. The van der Waals surface area contributed by atoms with Crippen LogP contribution in [0.25, 0.3) is 10.2 Å². The van der Waals surface area contributed by atoms with Gasteiger partial charge in [0.2, 0.25) is 10.0 Å². The monoisotopic (exact) mass is 582 g/mol. The van der Waals surface area contributed by atoms with Crippen LogP contribution in [0.1, 0.15) is 38.1 Å². The number of amides is 1. The van der Waals surface area contributed by atoms with E-state index in [-0.39, 0.29) is 35.0 Å². The van der Waals surface area contributed by atoms with Crippen LogP contribution in [0, 0.1) is 11.8 Å². The lowest BCUT2D eigenvalue weighted by Crippen LogP contribution is -2.37. The molecule has 1 aromatic heterocycles. The molecule has 3 rings (SSSR count). The highest BCUT2D eigenvalue weighted by Gasteiger charge is 2.27. The van der Waals surface area contributed by atoms with Crippen molar-refractivity contribution in [1.29, 1.82) is 0 Å². The first-order valence-electron chi connectivity index (χ1n) is 12.4. The minimum absolute atomic E-state index is 0. The highest BCUT2D eigenvalue weighted by Crippen LogP contribution is 2.32. The van der Waals surface area contributed by atoms with E-state index < -0.39 is 10.0 Å². The Kier molecular flexibility index (Phi) is 11.5. The molecule has 0 spiro atoms. The van der Waals surface area contributed by atoms with Crippen LogP contribution in [0.5, 0.6) is 5.75 Å². The third-order valence-electron chi connectivity index (χ3n) is 5.71. The van der Waals surface area contributed by atoms with Crippen molar-refractivity contribution in [2.45, 2.75) is 32.6 Å². The molecule has 1 heterocycles. The molecule has 0 N–H and O–H groups in total. The van der Waals surface area contributed by atoms with Crippen LogP contribution >= 0.6 is 23.7 Å². The van der Waals surface area contributed by atoms with Gasteiger partial charge in [0.05, 0.1) is 22.2 Å². The number of hydrogen-bond acceptors (Lipinski definition) is 7. The van der Waals surface area contributed by atoms with Crippen molar-refractivity contribution >= 4 is 55.0 Å². The predicted octanol–water partition coefficient (Wildman–Crippen LogP) is 5.24. The lowest BCUT2D eigenvalue weighted by atomic mass is 10.2. The Morgan fingerprint density at radius 2 is 1.58 bits per heavy atom. The number of rotatable bonds is 12. The molecule has 38 heavy (non-hydrogen) atoms. The number of hydrogen-bond donors (Lipinski definition) is 0. The van der Waals surface area contributed by atoms with E-state index in [4.69, 9.17) is 9.72 Å². The third kappa shape index (κ3) is 7.89. The van der Waals surface area contributed by atoms with Gasteiger partial charge in [-0.25, -0.2) is 13.4 Å². The number of nitrogens with zero attached hydrogens (tertiary/aromatic N) is 4. The number of anilines is 1. The second-order valence-corrected chi connectivity index (χ2v) is 13.2.